The molecule has 112 valence electrons. The van der Waals surface area contributed by atoms with Crippen molar-refractivity contribution < 1.29 is 14.9 Å². The second-order valence-corrected chi connectivity index (χ2v) is 5.63. The van der Waals surface area contributed by atoms with E-state index in [0.717, 1.165) is 29.7 Å². The second-order valence-electron chi connectivity index (χ2n) is 5.63. The fraction of sp³-hybridized carbons (Fsp3) is 0.625. The zero-order valence-corrected chi connectivity index (χ0v) is 12.4. The molecular formula is C16H25NO3. The van der Waals surface area contributed by atoms with Gasteiger partial charge in [-0.25, -0.2) is 0 Å². The number of benzene rings is 1. The summed E-state index contributed by atoms with van der Waals surface area (Å²) in [6.07, 6.45) is 2.58. The number of aliphatic hydroxyl groups excluding tert-OH is 2. The van der Waals surface area contributed by atoms with Crippen LogP contribution in [0.4, 0.5) is 0 Å². The van der Waals surface area contributed by atoms with Crippen LogP contribution < -0.4 is 10.1 Å². The van der Waals surface area contributed by atoms with E-state index in [-0.39, 0.29) is 19.3 Å². The number of para-hydroxylation sites is 1. The van der Waals surface area contributed by atoms with E-state index in [9.17, 15) is 10.2 Å². The maximum atomic E-state index is 9.63. The molecule has 1 aliphatic heterocycles. The molecule has 0 radical (unpaired) electrons. The summed E-state index contributed by atoms with van der Waals surface area (Å²) in [6.45, 7) is 4.60. The third-order valence-corrected chi connectivity index (χ3v) is 4.26. The lowest BCUT2D eigenvalue weighted by molar-refractivity contribution is 0.0763. The summed E-state index contributed by atoms with van der Waals surface area (Å²) < 4.78 is 5.86. The monoisotopic (exact) mass is 279 g/mol. The number of aliphatic hydroxyl groups is 2. The van der Waals surface area contributed by atoms with Gasteiger partial charge in [-0.05, 0) is 31.7 Å². The van der Waals surface area contributed by atoms with E-state index in [1.54, 1.807) is 0 Å². The summed E-state index contributed by atoms with van der Waals surface area (Å²) in [6, 6.07) is 6.25. The molecule has 20 heavy (non-hydrogen) atoms. The standard InChI is InChI=1S/C16H25NO3/c1-3-16(10-18,11-19)17-14-8-5-9-20-15-12(2)6-4-7-13(14)15/h4,6-7,14,17-19H,3,5,8-11H2,1-2H3. The van der Waals surface area contributed by atoms with E-state index in [4.69, 9.17) is 4.74 Å². The van der Waals surface area contributed by atoms with Crippen LogP contribution in [0.3, 0.4) is 0 Å². The van der Waals surface area contributed by atoms with Crippen LogP contribution in [0.25, 0.3) is 0 Å². The van der Waals surface area contributed by atoms with Gasteiger partial charge in [-0.1, -0.05) is 25.1 Å². The van der Waals surface area contributed by atoms with Gasteiger partial charge in [0.05, 0.1) is 25.4 Å². The van der Waals surface area contributed by atoms with Crippen molar-refractivity contribution in [3.05, 3.63) is 29.3 Å². The smallest absolute Gasteiger partial charge is 0.126 e. The Balaban J connectivity index is 2.31. The highest BCUT2D eigenvalue weighted by Crippen LogP contribution is 2.35. The van der Waals surface area contributed by atoms with E-state index >= 15 is 0 Å². The molecule has 0 saturated carbocycles. The molecule has 1 heterocycles. The molecule has 0 saturated heterocycles. The second kappa shape index (κ2) is 6.57. The number of ether oxygens (including phenoxy) is 1. The predicted octanol–water partition coefficient (Wildman–Crippen LogP) is 1.93. The maximum absolute atomic E-state index is 9.63. The minimum absolute atomic E-state index is 0.0709. The van der Waals surface area contributed by atoms with Crippen molar-refractivity contribution in [3.8, 4) is 5.75 Å². The number of hydrogen-bond donors (Lipinski definition) is 3. The SMILES string of the molecule is CCC(CO)(CO)NC1CCCOc2c(C)cccc21. The molecule has 1 unspecified atom stereocenters. The molecule has 0 amide bonds. The molecule has 0 fully saturated rings. The molecule has 1 aromatic carbocycles. The first-order valence-electron chi connectivity index (χ1n) is 7.37. The Morgan fingerprint density at radius 3 is 2.75 bits per heavy atom. The molecule has 0 spiro atoms. The van der Waals surface area contributed by atoms with Crippen LogP contribution in [0, 0.1) is 6.92 Å². The van der Waals surface area contributed by atoms with E-state index in [2.05, 4.69) is 11.4 Å². The zero-order chi connectivity index (χ0) is 14.6. The Morgan fingerprint density at radius 2 is 2.10 bits per heavy atom. The highest BCUT2D eigenvalue weighted by atomic mass is 16.5. The quantitative estimate of drug-likeness (QED) is 0.771. The van der Waals surface area contributed by atoms with Crippen LogP contribution in [0.2, 0.25) is 0 Å². The van der Waals surface area contributed by atoms with Gasteiger partial charge < -0.3 is 20.3 Å². The molecule has 2 rings (SSSR count). The van der Waals surface area contributed by atoms with Crippen LogP contribution in [0.15, 0.2) is 18.2 Å². The first kappa shape index (κ1) is 15.3. The summed E-state index contributed by atoms with van der Waals surface area (Å²) >= 11 is 0. The van der Waals surface area contributed by atoms with E-state index in [1.165, 1.54) is 0 Å². The number of aryl methyl sites for hydroxylation is 1. The summed E-state index contributed by atoms with van der Waals surface area (Å²) in [4.78, 5) is 0. The molecule has 1 atom stereocenters. The van der Waals surface area contributed by atoms with Crippen molar-refractivity contribution in [1.29, 1.82) is 0 Å². The van der Waals surface area contributed by atoms with Crippen molar-refractivity contribution in [2.45, 2.75) is 44.7 Å². The topological polar surface area (TPSA) is 61.7 Å². The van der Waals surface area contributed by atoms with Gasteiger partial charge in [0.2, 0.25) is 0 Å². The molecule has 0 bridgehead atoms. The number of rotatable bonds is 5. The van der Waals surface area contributed by atoms with Gasteiger partial charge in [-0.2, -0.15) is 0 Å². The van der Waals surface area contributed by atoms with E-state index < -0.39 is 5.54 Å². The van der Waals surface area contributed by atoms with Gasteiger partial charge in [-0.3, -0.25) is 0 Å². The van der Waals surface area contributed by atoms with Crippen molar-refractivity contribution in [2.24, 2.45) is 0 Å². The summed E-state index contributed by atoms with van der Waals surface area (Å²) in [5.74, 6) is 0.948. The Morgan fingerprint density at radius 1 is 1.35 bits per heavy atom. The van der Waals surface area contributed by atoms with Gasteiger partial charge >= 0.3 is 0 Å². The van der Waals surface area contributed by atoms with Crippen molar-refractivity contribution in [2.75, 3.05) is 19.8 Å². The minimum Gasteiger partial charge on any atom is -0.493 e. The molecule has 4 nitrogen and oxygen atoms in total. The van der Waals surface area contributed by atoms with Gasteiger partial charge in [0, 0.05) is 11.6 Å². The minimum atomic E-state index is -0.629. The fourth-order valence-electron chi connectivity index (χ4n) is 2.75. The average Bonchev–Trinajstić information content (AvgIpc) is 2.68. The van der Waals surface area contributed by atoms with Gasteiger partial charge in [-0.15, -0.1) is 0 Å². The molecule has 4 heteroatoms. The number of hydrogen-bond acceptors (Lipinski definition) is 4. The van der Waals surface area contributed by atoms with Crippen molar-refractivity contribution >= 4 is 0 Å². The molecular weight excluding hydrogens is 254 g/mol. The van der Waals surface area contributed by atoms with Gasteiger partial charge in [0.1, 0.15) is 5.75 Å². The Kier molecular flexibility index (Phi) is 5.02. The molecule has 1 aromatic rings. The van der Waals surface area contributed by atoms with Crippen LogP contribution in [-0.2, 0) is 0 Å². The largest absolute Gasteiger partial charge is 0.493 e. The third-order valence-electron chi connectivity index (χ3n) is 4.26. The summed E-state index contributed by atoms with van der Waals surface area (Å²) in [5, 5.41) is 22.7. The fourth-order valence-corrected chi connectivity index (χ4v) is 2.75. The van der Waals surface area contributed by atoms with Crippen LogP contribution in [0.5, 0.6) is 5.75 Å². The van der Waals surface area contributed by atoms with Gasteiger partial charge in [0.25, 0.3) is 0 Å². The van der Waals surface area contributed by atoms with Crippen molar-refractivity contribution in [1.82, 2.24) is 5.32 Å². The molecule has 0 aromatic heterocycles. The predicted molar refractivity (Wildman–Crippen MR) is 79.0 cm³/mol. The lowest BCUT2D eigenvalue weighted by Crippen LogP contribution is -2.52. The Hall–Kier alpha value is -1.10. The lowest BCUT2D eigenvalue weighted by Gasteiger charge is -2.34. The van der Waals surface area contributed by atoms with E-state index in [1.807, 2.05) is 26.0 Å². The molecule has 3 N–H and O–H groups in total. The zero-order valence-electron chi connectivity index (χ0n) is 12.4. The lowest BCUT2D eigenvalue weighted by atomic mass is 9.92. The summed E-state index contributed by atoms with van der Waals surface area (Å²) in [7, 11) is 0. The highest BCUT2D eigenvalue weighted by molar-refractivity contribution is 5.43. The van der Waals surface area contributed by atoms with Gasteiger partial charge in [0.15, 0.2) is 0 Å². The Bertz CT molecular complexity index is 435. The number of fused-ring (bicyclic) bond motifs is 1. The van der Waals surface area contributed by atoms with Crippen LogP contribution in [0.1, 0.15) is 43.4 Å². The Labute approximate surface area is 120 Å². The van der Waals surface area contributed by atoms with Crippen LogP contribution in [-0.4, -0.2) is 35.6 Å². The summed E-state index contributed by atoms with van der Waals surface area (Å²) in [5.41, 5.74) is 1.63. The normalized spacial score (nSPS) is 19.1. The first-order chi connectivity index (χ1) is 9.65. The first-order valence-corrected chi connectivity index (χ1v) is 7.37. The molecule has 0 aliphatic carbocycles. The average molecular weight is 279 g/mol. The maximum Gasteiger partial charge on any atom is 0.126 e. The highest BCUT2D eigenvalue weighted by Gasteiger charge is 2.32. The molecule has 1 aliphatic rings. The van der Waals surface area contributed by atoms with Crippen molar-refractivity contribution in [3.63, 3.8) is 0 Å². The van der Waals surface area contributed by atoms with Crippen LogP contribution >= 0.6 is 0 Å². The number of nitrogens with one attached hydrogen (secondary N) is 1. The van der Waals surface area contributed by atoms with E-state index in [0.29, 0.717) is 13.0 Å². The third kappa shape index (κ3) is 2.97.